The monoisotopic (exact) mass is 250 g/mol. The molecule has 0 bridgehead atoms. The van der Waals surface area contributed by atoms with Gasteiger partial charge in [-0.3, -0.25) is 15.0 Å². The molecule has 1 N–H and O–H groups in total. The average molecular weight is 250 g/mol. The number of pyridine rings is 1. The van der Waals surface area contributed by atoms with Crippen molar-refractivity contribution < 1.29 is 0 Å². The zero-order chi connectivity index (χ0) is 13.1. The van der Waals surface area contributed by atoms with Gasteiger partial charge in [-0.25, -0.2) is 0 Å². The maximum Gasteiger partial charge on any atom is 0.0806 e. The maximum atomic E-state index is 4.31. The second-order valence-corrected chi connectivity index (χ2v) is 4.40. The van der Waals surface area contributed by atoms with Crippen LogP contribution in [-0.4, -0.2) is 15.0 Å². The highest BCUT2D eigenvalue weighted by Crippen LogP contribution is 2.25. The van der Waals surface area contributed by atoms with Gasteiger partial charge in [0.1, 0.15) is 0 Å². The van der Waals surface area contributed by atoms with Crippen molar-refractivity contribution in [2.45, 2.75) is 13.0 Å². The molecule has 0 saturated carbocycles. The highest BCUT2D eigenvalue weighted by atomic mass is 14.9. The van der Waals surface area contributed by atoms with Crippen LogP contribution in [0.15, 0.2) is 55.2 Å². The number of benzene rings is 1. The molecular weight excluding hydrogens is 236 g/mol. The lowest BCUT2D eigenvalue weighted by Gasteiger charge is -2.15. The summed E-state index contributed by atoms with van der Waals surface area (Å²) in [5, 5.41) is 5.74. The number of hydrogen-bond donors (Lipinski definition) is 1. The van der Waals surface area contributed by atoms with Crippen molar-refractivity contribution in [2.24, 2.45) is 0 Å². The third kappa shape index (κ3) is 2.38. The Morgan fingerprint density at radius 3 is 2.74 bits per heavy atom. The Morgan fingerprint density at radius 1 is 1.00 bits per heavy atom. The van der Waals surface area contributed by atoms with E-state index in [1.807, 2.05) is 18.3 Å². The summed E-state index contributed by atoms with van der Waals surface area (Å²) in [4.78, 5) is 12.6. The third-order valence-electron chi connectivity index (χ3n) is 3.08. The summed E-state index contributed by atoms with van der Waals surface area (Å²) in [6.07, 6.45) is 8.84. The summed E-state index contributed by atoms with van der Waals surface area (Å²) >= 11 is 0. The lowest BCUT2D eigenvalue weighted by Crippen LogP contribution is -2.08. The minimum Gasteiger partial charge on any atom is -0.376 e. The first kappa shape index (κ1) is 11.6. The summed E-state index contributed by atoms with van der Waals surface area (Å²) in [6.45, 7) is 2.07. The lowest BCUT2D eigenvalue weighted by atomic mass is 10.1. The van der Waals surface area contributed by atoms with E-state index in [-0.39, 0.29) is 6.04 Å². The molecule has 0 spiro atoms. The molecule has 1 unspecified atom stereocenters. The summed E-state index contributed by atoms with van der Waals surface area (Å²) < 4.78 is 0. The Labute approximate surface area is 111 Å². The van der Waals surface area contributed by atoms with Gasteiger partial charge in [-0.15, -0.1) is 0 Å². The molecule has 0 aliphatic carbocycles. The molecule has 0 aliphatic rings. The van der Waals surface area contributed by atoms with E-state index in [0.717, 1.165) is 16.8 Å². The summed E-state index contributed by atoms with van der Waals surface area (Å²) in [6, 6.07) is 8.27. The zero-order valence-electron chi connectivity index (χ0n) is 10.6. The third-order valence-corrected chi connectivity index (χ3v) is 3.08. The van der Waals surface area contributed by atoms with Gasteiger partial charge in [0, 0.05) is 35.9 Å². The molecule has 1 aromatic carbocycles. The molecule has 4 heteroatoms. The zero-order valence-corrected chi connectivity index (χ0v) is 10.6. The van der Waals surface area contributed by atoms with Crippen molar-refractivity contribution in [3.05, 3.63) is 60.9 Å². The topological polar surface area (TPSA) is 50.7 Å². The number of rotatable bonds is 3. The molecule has 0 fully saturated rings. The van der Waals surface area contributed by atoms with E-state index in [0.29, 0.717) is 0 Å². The van der Waals surface area contributed by atoms with Gasteiger partial charge in [-0.05, 0) is 24.4 Å². The van der Waals surface area contributed by atoms with Gasteiger partial charge in [0.05, 0.1) is 17.9 Å². The van der Waals surface area contributed by atoms with Crippen molar-refractivity contribution in [3.63, 3.8) is 0 Å². The Hall–Kier alpha value is -2.49. The van der Waals surface area contributed by atoms with E-state index >= 15 is 0 Å². The van der Waals surface area contributed by atoms with E-state index in [9.17, 15) is 0 Å². The van der Waals surface area contributed by atoms with Crippen LogP contribution in [0.3, 0.4) is 0 Å². The fourth-order valence-electron chi connectivity index (χ4n) is 2.08. The quantitative estimate of drug-likeness (QED) is 0.775. The molecular formula is C15H14N4. The summed E-state index contributed by atoms with van der Waals surface area (Å²) in [5.74, 6) is 0. The highest BCUT2D eigenvalue weighted by Gasteiger charge is 2.08. The first-order chi connectivity index (χ1) is 9.34. The second-order valence-electron chi connectivity index (χ2n) is 4.40. The van der Waals surface area contributed by atoms with Crippen LogP contribution < -0.4 is 5.32 Å². The van der Waals surface area contributed by atoms with E-state index in [2.05, 4.69) is 39.3 Å². The largest absolute Gasteiger partial charge is 0.376 e. The standard InChI is InChI=1S/C15H14N4/c1-11(15-10-17-7-8-18-15)19-14-4-2-3-12-5-6-16-9-13(12)14/h2-11,19H,1H3. The molecule has 0 radical (unpaired) electrons. The van der Waals surface area contributed by atoms with E-state index in [4.69, 9.17) is 0 Å². The summed E-state index contributed by atoms with van der Waals surface area (Å²) in [7, 11) is 0. The summed E-state index contributed by atoms with van der Waals surface area (Å²) in [5.41, 5.74) is 1.98. The van der Waals surface area contributed by atoms with Crippen LogP contribution in [0.1, 0.15) is 18.7 Å². The number of hydrogen-bond acceptors (Lipinski definition) is 4. The Balaban J connectivity index is 1.94. The average Bonchev–Trinajstić information content (AvgIpc) is 2.48. The number of nitrogens with one attached hydrogen (secondary N) is 1. The fraction of sp³-hybridized carbons (Fsp3) is 0.133. The highest BCUT2D eigenvalue weighted by molar-refractivity contribution is 5.93. The van der Waals surface area contributed by atoms with Gasteiger partial charge in [-0.1, -0.05) is 12.1 Å². The normalized spacial score (nSPS) is 12.3. The van der Waals surface area contributed by atoms with Gasteiger partial charge in [-0.2, -0.15) is 0 Å². The van der Waals surface area contributed by atoms with Gasteiger partial charge in [0.2, 0.25) is 0 Å². The number of fused-ring (bicyclic) bond motifs is 1. The lowest BCUT2D eigenvalue weighted by molar-refractivity contribution is 0.829. The number of anilines is 1. The van der Waals surface area contributed by atoms with Crippen molar-refractivity contribution in [1.82, 2.24) is 15.0 Å². The van der Waals surface area contributed by atoms with Crippen molar-refractivity contribution in [3.8, 4) is 0 Å². The van der Waals surface area contributed by atoms with Gasteiger partial charge in [0.15, 0.2) is 0 Å². The molecule has 0 aliphatic heterocycles. The molecule has 94 valence electrons. The van der Waals surface area contributed by atoms with Gasteiger partial charge >= 0.3 is 0 Å². The van der Waals surface area contributed by atoms with Crippen LogP contribution in [0.25, 0.3) is 10.8 Å². The molecule has 19 heavy (non-hydrogen) atoms. The smallest absolute Gasteiger partial charge is 0.0806 e. The van der Waals surface area contributed by atoms with Crippen molar-refractivity contribution in [2.75, 3.05) is 5.32 Å². The Morgan fingerprint density at radius 2 is 1.89 bits per heavy atom. The molecule has 0 amide bonds. The SMILES string of the molecule is CC(Nc1cccc2ccncc12)c1cnccn1. The fourth-order valence-corrected chi connectivity index (χ4v) is 2.08. The van der Waals surface area contributed by atoms with Crippen molar-refractivity contribution in [1.29, 1.82) is 0 Å². The van der Waals surface area contributed by atoms with Crippen LogP contribution in [0.2, 0.25) is 0 Å². The first-order valence-corrected chi connectivity index (χ1v) is 6.20. The van der Waals surface area contributed by atoms with E-state index in [1.165, 1.54) is 5.39 Å². The molecule has 4 nitrogen and oxygen atoms in total. The Kier molecular flexibility index (Phi) is 3.06. The van der Waals surface area contributed by atoms with Crippen LogP contribution in [0.4, 0.5) is 5.69 Å². The van der Waals surface area contributed by atoms with Crippen LogP contribution in [0, 0.1) is 0 Å². The van der Waals surface area contributed by atoms with Crippen LogP contribution in [0.5, 0.6) is 0 Å². The molecule has 1 atom stereocenters. The van der Waals surface area contributed by atoms with Crippen LogP contribution >= 0.6 is 0 Å². The minimum atomic E-state index is 0.0968. The molecule has 2 heterocycles. The number of aromatic nitrogens is 3. The molecule has 0 saturated heterocycles. The van der Waals surface area contributed by atoms with Crippen LogP contribution in [-0.2, 0) is 0 Å². The Bertz CT molecular complexity index is 677. The van der Waals surface area contributed by atoms with E-state index in [1.54, 1.807) is 24.8 Å². The predicted octanol–water partition coefficient (Wildman–Crippen LogP) is 3.20. The van der Waals surface area contributed by atoms with Crippen molar-refractivity contribution >= 4 is 16.5 Å². The predicted molar refractivity (Wildman–Crippen MR) is 75.8 cm³/mol. The van der Waals surface area contributed by atoms with E-state index < -0.39 is 0 Å². The van der Waals surface area contributed by atoms with Gasteiger partial charge in [0.25, 0.3) is 0 Å². The maximum absolute atomic E-state index is 4.31. The number of nitrogens with zero attached hydrogens (tertiary/aromatic N) is 3. The van der Waals surface area contributed by atoms with Gasteiger partial charge < -0.3 is 5.32 Å². The molecule has 3 rings (SSSR count). The second kappa shape index (κ2) is 5.02. The first-order valence-electron chi connectivity index (χ1n) is 6.20. The molecule has 2 aromatic heterocycles. The minimum absolute atomic E-state index is 0.0968. The molecule has 3 aromatic rings.